The lowest BCUT2D eigenvalue weighted by Crippen LogP contribution is -2.58. The zero-order valence-electron chi connectivity index (χ0n) is 42.4. The van der Waals surface area contributed by atoms with Gasteiger partial charge in [0.2, 0.25) is 0 Å². The molecule has 1 heterocycles. The lowest BCUT2D eigenvalue weighted by Gasteiger charge is -2.54. The first-order valence-corrected chi connectivity index (χ1v) is 29.3. The van der Waals surface area contributed by atoms with Crippen molar-refractivity contribution in [3.05, 3.63) is 63.4 Å². The first-order chi connectivity index (χ1) is 40.5. The molecule has 0 N–H and O–H groups in total. The van der Waals surface area contributed by atoms with Gasteiger partial charge >= 0.3 is 17.9 Å². The molecule has 0 atom stereocenters. The Bertz CT molecular complexity index is 7840. The minimum Gasteiger partial charge on any atom is -0.466 e. The van der Waals surface area contributed by atoms with Gasteiger partial charge in [0.05, 0.1) is 37.4 Å². The summed E-state index contributed by atoms with van der Waals surface area (Å²) in [5.74, 6) is -1.49. The van der Waals surface area contributed by atoms with Gasteiger partial charge in [-0.05, 0) is 333 Å². The number of hydrogen-bond acceptors (Lipinski definition) is 7. The number of esters is 3. The molecule has 356 valence electrons. The Kier molecular flexibility index (Phi) is 3.22. The van der Waals surface area contributed by atoms with Crippen molar-refractivity contribution in [1.29, 1.82) is 0 Å². The van der Waals surface area contributed by atoms with Crippen LogP contribution in [0.1, 0.15) is 39.5 Å². The van der Waals surface area contributed by atoms with E-state index in [1.807, 2.05) is 31.2 Å². The Morgan fingerprint density at radius 3 is 0.780 bits per heavy atom. The predicted molar refractivity (Wildman–Crippen MR) is 330 cm³/mol. The standard InChI is InChI=1S/C75H15NO6/c1-4-82-71(77)9-5-7-10(8-6-9)76-70(73(79)81-3)69(72(78)80-2)74-65-57-49-39-29-21-13-11-12-15-19-17(13)25-33-27(19)37-31-23(15)24-16(12)20-18-14(11)22(21)30-36-26(18)34-28(20)38-32(24)42-41(31)53-47(37)55-45(33)51(43(49)35(25)29)59(65)61(55)67-63(53)64-54(42)48(38)56-46(34)52-44(36)50(40(30)39)58(57)66(74)60(52)62(56)68(64)75(67,74)76/h5-8H,4H2,1-3H3. The third kappa shape index (κ3) is 1.90. The molecule has 29 aromatic rings. The van der Waals surface area contributed by atoms with Crippen molar-refractivity contribution in [2.45, 2.75) is 17.9 Å². The summed E-state index contributed by atoms with van der Waals surface area (Å²) in [6.07, 6.45) is 0. The Morgan fingerprint density at radius 2 is 0.549 bits per heavy atom. The van der Waals surface area contributed by atoms with Crippen LogP contribution in [0.3, 0.4) is 0 Å². The third-order valence-corrected chi connectivity index (χ3v) is 26.8. The first-order valence-electron chi connectivity index (χ1n) is 29.3. The summed E-state index contributed by atoms with van der Waals surface area (Å²) in [5, 5.41) is 77.5. The molecule has 5 aliphatic rings. The molecule has 82 heavy (non-hydrogen) atoms. The zero-order valence-corrected chi connectivity index (χ0v) is 42.4. The quantitative estimate of drug-likeness (QED) is 0.0965. The summed E-state index contributed by atoms with van der Waals surface area (Å²) < 4.78 is 18.2. The predicted octanol–water partition coefficient (Wildman–Crippen LogP) is 17.5. The van der Waals surface area contributed by atoms with Gasteiger partial charge in [-0.1, -0.05) is 0 Å². The second-order valence-corrected chi connectivity index (χ2v) is 27.5. The van der Waals surface area contributed by atoms with Crippen LogP contribution in [0.5, 0.6) is 0 Å². The van der Waals surface area contributed by atoms with E-state index >= 15 is 9.59 Å². The molecule has 0 saturated heterocycles. The van der Waals surface area contributed by atoms with Crippen LogP contribution in [0.4, 0.5) is 5.69 Å². The molecule has 29 aromatic carbocycles. The second kappa shape index (κ2) is 7.94. The highest BCUT2D eigenvalue weighted by molar-refractivity contribution is 6.82. The van der Waals surface area contributed by atoms with E-state index in [-0.39, 0.29) is 12.3 Å². The van der Waals surface area contributed by atoms with Crippen molar-refractivity contribution in [2.24, 2.45) is 0 Å². The number of methoxy groups -OCH3 is 2. The SMILES string of the molecule is CCOC(=O)c1ccc(N2C(C(=O)OC)=C(C(=O)OC)C34c5c6c7c8c9c%10c(c%11c%12c3c3c5c5c%13c6c6c7c7c9c9c%14c%10c%10c%11c%11c%12c%12c3c3c5c5c%13c%13c6c6c7c9c7c9c%14c%10c%10c%11c%11c%12c3c3c5c5c%13c6c7c6c9c%10c%11c3c56)C824)cc1. The van der Waals surface area contributed by atoms with E-state index < -0.39 is 28.9 Å². The van der Waals surface area contributed by atoms with Gasteiger partial charge in [-0.3, -0.25) is 0 Å². The van der Waals surface area contributed by atoms with Gasteiger partial charge in [-0.15, -0.1) is 0 Å². The number of anilines is 1. The molecular weight excluding hydrogens is 1010 g/mol. The second-order valence-electron chi connectivity index (χ2n) is 27.5. The maximum absolute atomic E-state index is 16.6. The average Bonchev–Trinajstić information content (AvgIpc) is 1.44. The topological polar surface area (TPSA) is 82.1 Å². The summed E-state index contributed by atoms with van der Waals surface area (Å²) in [4.78, 5) is 48.8. The molecule has 0 aromatic heterocycles. The van der Waals surface area contributed by atoms with Crippen LogP contribution in [-0.4, -0.2) is 38.7 Å². The number of benzene rings is 19. The minimum atomic E-state index is -1.31. The summed E-state index contributed by atoms with van der Waals surface area (Å²) >= 11 is 0. The van der Waals surface area contributed by atoms with Gasteiger partial charge < -0.3 is 19.1 Å². The Labute approximate surface area is 447 Å². The molecule has 4 aliphatic carbocycles. The molecule has 7 heteroatoms. The van der Waals surface area contributed by atoms with Crippen LogP contribution < -0.4 is 4.90 Å². The third-order valence-electron chi connectivity index (χ3n) is 26.8. The van der Waals surface area contributed by atoms with Crippen molar-refractivity contribution in [2.75, 3.05) is 25.7 Å². The molecule has 1 aliphatic heterocycles. The summed E-state index contributed by atoms with van der Waals surface area (Å²) in [6.45, 7) is 2.08. The average molecular weight is 1030 g/mol. The minimum absolute atomic E-state index is 0.216. The largest absolute Gasteiger partial charge is 0.466 e. The number of carbonyl (C=O) groups excluding carboxylic acids is 3. The number of ether oxygens (including phenoxy) is 3. The first kappa shape index (κ1) is 33.3. The molecule has 0 unspecified atom stereocenters. The maximum atomic E-state index is 16.6. The summed E-state index contributed by atoms with van der Waals surface area (Å²) in [7, 11) is 2.98. The van der Waals surface area contributed by atoms with Gasteiger partial charge in [0.25, 0.3) is 0 Å². The van der Waals surface area contributed by atoms with Gasteiger partial charge in [0.1, 0.15) is 11.2 Å². The molecule has 0 bridgehead atoms. The zero-order chi connectivity index (χ0) is 50.8. The molecule has 0 fully saturated rings. The Balaban J connectivity index is 1.06. The van der Waals surface area contributed by atoms with Gasteiger partial charge in [0.15, 0.2) is 0 Å². The lowest BCUT2D eigenvalue weighted by molar-refractivity contribution is -0.139. The van der Waals surface area contributed by atoms with E-state index in [1.54, 1.807) is 10.8 Å². The van der Waals surface area contributed by atoms with E-state index in [0.717, 1.165) is 0 Å². The van der Waals surface area contributed by atoms with E-state index in [9.17, 15) is 4.79 Å². The van der Waals surface area contributed by atoms with Crippen LogP contribution >= 0.6 is 0 Å². The van der Waals surface area contributed by atoms with E-state index in [2.05, 4.69) is 4.90 Å². The van der Waals surface area contributed by atoms with Gasteiger partial charge in [-0.25, -0.2) is 14.4 Å². The molecule has 2 spiro atoms. The number of hydrogen-bond donors (Lipinski definition) is 0. The van der Waals surface area contributed by atoms with Crippen LogP contribution in [-0.2, 0) is 34.8 Å². The molecular formula is C75H15NO6. The fourth-order valence-corrected chi connectivity index (χ4v) is 26.4. The monoisotopic (exact) mass is 1030 g/mol. The highest BCUT2D eigenvalue weighted by Gasteiger charge is 2.79. The Morgan fingerprint density at radius 1 is 0.317 bits per heavy atom. The van der Waals surface area contributed by atoms with Gasteiger partial charge in [0, 0.05) is 16.8 Å². The van der Waals surface area contributed by atoms with Crippen molar-refractivity contribution in [1.82, 2.24) is 0 Å². The fraction of sp³-hybridized carbons (Fsp3) is 0.0800. The highest BCUT2D eigenvalue weighted by Crippen LogP contribution is 2.87. The van der Waals surface area contributed by atoms with E-state index in [4.69, 9.17) is 14.2 Å². The number of rotatable bonds is 5. The van der Waals surface area contributed by atoms with Crippen molar-refractivity contribution in [3.63, 3.8) is 0 Å². The summed E-state index contributed by atoms with van der Waals surface area (Å²) in [6, 6.07) is 7.73. The Hall–Kier alpha value is -10.4. The molecule has 7 nitrogen and oxygen atoms in total. The van der Waals surface area contributed by atoms with Crippen molar-refractivity contribution < 1.29 is 28.6 Å². The van der Waals surface area contributed by atoms with Crippen LogP contribution in [0.25, 0.3) is 291 Å². The fourth-order valence-electron chi connectivity index (χ4n) is 26.4. The number of nitrogens with zero attached hydrogens (tertiary/aromatic N) is 1. The maximum Gasteiger partial charge on any atom is 0.355 e. The molecule has 34 rings (SSSR count). The van der Waals surface area contributed by atoms with Crippen LogP contribution in [0.2, 0.25) is 0 Å². The van der Waals surface area contributed by atoms with Crippen molar-refractivity contribution >= 4 is 314 Å². The van der Waals surface area contributed by atoms with Crippen LogP contribution in [0, 0.1) is 0 Å². The smallest absolute Gasteiger partial charge is 0.355 e. The van der Waals surface area contributed by atoms with E-state index in [0.29, 0.717) is 16.8 Å². The molecule has 0 saturated carbocycles. The highest BCUT2D eigenvalue weighted by atomic mass is 16.5. The van der Waals surface area contributed by atoms with Crippen LogP contribution in [0.15, 0.2) is 35.5 Å². The number of carbonyl (C=O) groups is 3. The normalized spacial score (nSPS) is 20.8. The summed E-state index contributed by atoms with van der Waals surface area (Å²) in [5.41, 5.74) is 4.00. The van der Waals surface area contributed by atoms with E-state index in [1.165, 1.54) is 317 Å². The lowest BCUT2D eigenvalue weighted by atomic mass is 9.51. The van der Waals surface area contributed by atoms with Gasteiger partial charge in [-0.2, -0.15) is 0 Å². The molecule has 0 radical (unpaired) electrons. The van der Waals surface area contributed by atoms with Crippen molar-refractivity contribution in [3.8, 4) is 0 Å². The molecule has 0 amide bonds.